The molecule has 3 rings (SSSR count). The molecule has 0 saturated heterocycles. The molecule has 3 aromatic rings. The summed E-state index contributed by atoms with van der Waals surface area (Å²) in [6.07, 6.45) is 2.69. The molecule has 1 N–H and O–H groups in total. The molecule has 5 nitrogen and oxygen atoms in total. The molecule has 27 heavy (non-hydrogen) atoms. The number of hydrogen-bond acceptors (Lipinski definition) is 5. The van der Waals surface area contributed by atoms with Gasteiger partial charge in [-0.2, -0.15) is 0 Å². The van der Waals surface area contributed by atoms with Crippen LogP contribution < -0.4 is 19.7 Å². The van der Waals surface area contributed by atoms with Crippen molar-refractivity contribution in [1.29, 1.82) is 0 Å². The van der Waals surface area contributed by atoms with E-state index in [2.05, 4.69) is 17.2 Å². The van der Waals surface area contributed by atoms with Crippen molar-refractivity contribution in [2.75, 3.05) is 30.9 Å². The van der Waals surface area contributed by atoms with Crippen LogP contribution in [-0.2, 0) is 0 Å². The molecule has 0 amide bonds. The van der Waals surface area contributed by atoms with Crippen molar-refractivity contribution < 1.29 is 9.47 Å². The van der Waals surface area contributed by atoms with E-state index < -0.39 is 0 Å². The summed E-state index contributed by atoms with van der Waals surface area (Å²) in [5, 5.41) is 3.28. The van der Waals surface area contributed by atoms with Gasteiger partial charge in [0.1, 0.15) is 23.1 Å². The summed E-state index contributed by atoms with van der Waals surface area (Å²) in [6, 6.07) is 19.6. The first-order chi connectivity index (χ1) is 13.1. The number of anilines is 3. The van der Waals surface area contributed by atoms with E-state index in [1.54, 1.807) is 6.20 Å². The van der Waals surface area contributed by atoms with E-state index in [1.165, 1.54) is 0 Å². The molecule has 0 aliphatic heterocycles. The van der Waals surface area contributed by atoms with Crippen molar-refractivity contribution in [2.45, 2.75) is 13.3 Å². The quantitative estimate of drug-likeness (QED) is 0.575. The van der Waals surface area contributed by atoms with Crippen LogP contribution in [0.25, 0.3) is 0 Å². The van der Waals surface area contributed by atoms with Crippen molar-refractivity contribution in [3.63, 3.8) is 0 Å². The summed E-state index contributed by atoms with van der Waals surface area (Å²) in [5.41, 5.74) is 2.02. The first-order valence-corrected chi connectivity index (χ1v) is 9.05. The number of ether oxygens (including phenoxy) is 2. The molecule has 0 spiro atoms. The number of benzene rings is 2. The average molecular weight is 363 g/mol. The molecular formula is C22H25N3O2. The summed E-state index contributed by atoms with van der Waals surface area (Å²) >= 11 is 0. The topological polar surface area (TPSA) is 46.6 Å². The Balaban J connectivity index is 1.64. The van der Waals surface area contributed by atoms with E-state index in [4.69, 9.17) is 9.47 Å². The number of aromatic nitrogens is 1. The van der Waals surface area contributed by atoms with E-state index >= 15 is 0 Å². The lowest BCUT2D eigenvalue weighted by Gasteiger charge is -2.14. The second kappa shape index (κ2) is 8.94. The lowest BCUT2D eigenvalue weighted by Crippen LogP contribution is -2.08. The summed E-state index contributed by atoms with van der Waals surface area (Å²) in [5.74, 6) is 3.07. The highest BCUT2D eigenvalue weighted by atomic mass is 16.5. The molecule has 0 atom stereocenters. The second-order valence-corrected chi connectivity index (χ2v) is 6.37. The number of rotatable bonds is 8. The molecule has 1 aromatic heterocycles. The lowest BCUT2D eigenvalue weighted by atomic mass is 10.3. The molecule has 0 aliphatic rings. The van der Waals surface area contributed by atoms with E-state index in [-0.39, 0.29) is 0 Å². The van der Waals surface area contributed by atoms with Gasteiger partial charge in [-0.05, 0) is 42.8 Å². The molecule has 0 fully saturated rings. The Labute approximate surface area is 160 Å². The third-order valence-electron chi connectivity index (χ3n) is 3.89. The van der Waals surface area contributed by atoms with Gasteiger partial charge in [0.05, 0.1) is 12.8 Å². The Morgan fingerprint density at radius 3 is 2.48 bits per heavy atom. The molecule has 140 valence electrons. The van der Waals surface area contributed by atoms with Gasteiger partial charge in [-0.15, -0.1) is 0 Å². The monoisotopic (exact) mass is 363 g/mol. The summed E-state index contributed by atoms with van der Waals surface area (Å²) in [7, 11) is 4.01. The van der Waals surface area contributed by atoms with Crippen LogP contribution in [0.4, 0.5) is 17.2 Å². The number of nitrogens with one attached hydrogen (secondary N) is 1. The zero-order valence-corrected chi connectivity index (χ0v) is 16.0. The highest BCUT2D eigenvalue weighted by molar-refractivity contribution is 5.58. The van der Waals surface area contributed by atoms with Gasteiger partial charge in [-0.3, -0.25) is 0 Å². The molecule has 0 bridgehead atoms. The smallest absolute Gasteiger partial charge is 0.145 e. The third kappa shape index (κ3) is 5.38. The summed E-state index contributed by atoms with van der Waals surface area (Å²) in [6.45, 7) is 2.80. The Hall–Kier alpha value is -3.21. The Morgan fingerprint density at radius 2 is 1.74 bits per heavy atom. The molecule has 2 aromatic carbocycles. The molecule has 1 heterocycles. The maximum atomic E-state index is 5.90. The summed E-state index contributed by atoms with van der Waals surface area (Å²) < 4.78 is 11.6. The van der Waals surface area contributed by atoms with Gasteiger partial charge in [0.25, 0.3) is 0 Å². The number of pyridine rings is 1. The third-order valence-corrected chi connectivity index (χ3v) is 3.89. The van der Waals surface area contributed by atoms with Crippen LogP contribution in [0.1, 0.15) is 13.3 Å². The van der Waals surface area contributed by atoms with Gasteiger partial charge in [-0.25, -0.2) is 4.98 Å². The van der Waals surface area contributed by atoms with E-state index in [9.17, 15) is 0 Å². The van der Waals surface area contributed by atoms with Gasteiger partial charge < -0.3 is 19.7 Å². The van der Waals surface area contributed by atoms with E-state index in [1.807, 2.05) is 79.7 Å². The van der Waals surface area contributed by atoms with Crippen LogP contribution in [-0.4, -0.2) is 25.7 Å². The molecule has 0 radical (unpaired) electrons. The highest BCUT2D eigenvalue weighted by Crippen LogP contribution is 2.26. The number of nitrogens with zero attached hydrogens (tertiary/aromatic N) is 2. The first-order valence-electron chi connectivity index (χ1n) is 9.05. The number of hydrogen-bond donors (Lipinski definition) is 1. The molecule has 0 unspecified atom stereocenters. The fourth-order valence-corrected chi connectivity index (χ4v) is 2.51. The standard InChI is InChI=1S/C22H25N3O2/c1-4-13-26-19-9-5-7-17(14-19)24-22-12-11-21(16-23-22)27-20-10-6-8-18(15-20)25(2)3/h5-12,14-16H,4,13H2,1-3H3,(H,23,24). The van der Waals surface area contributed by atoms with Gasteiger partial charge in [-0.1, -0.05) is 19.1 Å². The Bertz CT molecular complexity index is 863. The fourth-order valence-electron chi connectivity index (χ4n) is 2.51. The minimum absolute atomic E-state index is 0.691. The van der Waals surface area contributed by atoms with Gasteiger partial charge in [0.2, 0.25) is 0 Å². The van der Waals surface area contributed by atoms with Crippen LogP contribution in [0.2, 0.25) is 0 Å². The predicted octanol–water partition coefficient (Wildman–Crippen LogP) is 5.47. The van der Waals surface area contributed by atoms with Crippen molar-refractivity contribution in [3.05, 3.63) is 66.9 Å². The van der Waals surface area contributed by atoms with E-state index in [0.717, 1.165) is 35.1 Å². The van der Waals surface area contributed by atoms with Crippen LogP contribution in [0, 0.1) is 0 Å². The first kappa shape index (κ1) is 18.6. The molecule has 0 saturated carbocycles. The fraction of sp³-hybridized carbons (Fsp3) is 0.227. The van der Waals surface area contributed by atoms with Gasteiger partial charge in [0.15, 0.2) is 0 Å². The van der Waals surface area contributed by atoms with Crippen molar-refractivity contribution in [1.82, 2.24) is 4.98 Å². The zero-order chi connectivity index (χ0) is 19.1. The minimum Gasteiger partial charge on any atom is -0.494 e. The normalized spacial score (nSPS) is 10.3. The van der Waals surface area contributed by atoms with Gasteiger partial charge >= 0.3 is 0 Å². The Morgan fingerprint density at radius 1 is 0.926 bits per heavy atom. The van der Waals surface area contributed by atoms with Crippen LogP contribution >= 0.6 is 0 Å². The van der Waals surface area contributed by atoms with Crippen molar-refractivity contribution >= 4 is 17.2 Å². The average Bonchev–Trinajstić information content (AvgIpc) is 2.68. The molecular weight excluding hydrogens is 338 g/mol. The lowest BCUT2D eigenvalue weighted by molar-refractivity contribution is 0.317. The second-order valence-electron chi connectivity index (χ2n) is 6.37. The highest BCUT2D eigenvalue weighted by Gasteiger charge is 2.03. The van der Waals surface area contributed by atoms with Crippen LogP contribution in [0.5, 0.6) is 17.2 Å². The molecule has 5 heteroatoms. The largest absolute Gasteiger partial charge is 0.494 e. The van der Waals surface area contributed by atoms with Crippen LogP contribution in [0.15, 0.2) is 66.9 Å². The molecule has 0 aliphatic carbocycles. The Kier molecular flexibility index (Phi) is 6.15. The van der Waals surface area contributed by atoms with Crippen LogP contribution in [0.3, 0.4) is 0 Å². The minimum atomic E-state index is 0.691. The zero-order valence-electron chi connectivity index (χ0n) is 16.0. The van der Waals surface area contributed by atoms with Crippen molar-refractivity contribution in [2.24, 2.45) is 0 Å². The SMILES string of the molecule is CCCOc1cccc(Nc2ccc(Oc3cccc(N(C)C)c3)cn2)c1. The van der Waals surface area contributed by atoms with Crippen molar-refractivity contribution in [3.8, 4) is 17.2 Å². The maximum Gasteiger partial charge on any atom is 0.145 e. The van der Waals surface area contributed by atoms with E-state index in [0.29, 0.717) is 12.4 Å². The predicted molar refractivity (Wildman–Crippen MR) is 111 cm³/mol. The summed E-state index contributed by atoms with van der Waals surface area (Å²) in [4.78, 5) is 6.47. The van der Waals surface area contributed by atoms with Gasteiger partial charge in [0, 0.05) is 37.6 Å². The maximum absolute atomic E-state index is 5.90.